The lowest BCUT2D eigenvalue weighted by molar-refractivity contribution is -0.841. The minimum atomic E-state index is 0.0903. The molecule has 1 nitrogen and oxygen atoms in total. The third kappa shape index (κ3) is 0.954. The molecule has 1 aromatic heterocycles. The number of hydrogen-bond donors (Lipinski definition) is 0. The molecule has 0 radical (unpaired) electrons. The van der Waals surface area contributed by atoms with Gasteiger partial charge in [0.1, 0.15) is 0 Å². The van der Waals surface area contributed by atoms with Crippen molar-refractivity contribution < 1.29 is 9.27 Å². The molecule has 0 fully saturated rings. The van der Waals surface area contributed by atoms with Crippen LogP contribution < -0.4 is 4.79 Å². The zero-order chi connectivity index (χ0) is 5.98. The molecule has 1 heterocycles. The Hall–Kier alpha value is -0.630. The summed E-state index contributed by atoms with van der Waals surface area (Å²) in [6.07, 6.45) is 1.24. The van der Waals surface area contributed by atoms with Gasteiger partial charge in [0.15, 0.2) is 0 Å². The van der Waals surface area contributed by atoms with Gasteiger partial charge in [-0.25, -0.2) is 0 Å². The molecule has 0 aliphatic carbocycles. The SMILES string of the molecule is F[n+]1ccccc1Cl. The van der Waals surface area contributed by atoms with E-state index in [-0.39, 0.29) is 5.15 Å². The van der Waals surface area contributed by atoms with Gasteiger partial charge in [-0.1, -0.05) is 0 Å². The second-order valence-electron chi connectivity index (χ2n) is 1.33. The second kappa shape index (κ2) is 2.09. The van der Waals surface area contributed by atoms with Crippen LogP contribution in [-0.4, -0.2) is 0 Å². The first-order valence-corrected chi connectivity index (χ1v) is 2.51. The Morgan fingerprint density at radius 2 is 2.25 bits per heavy atom. The summed E-state index contributed by atoms with van der Waals surface area (Å²) in [4.78, 5) is 0.349. The molecular weight excluding hydrogens is 129 g/mol. The van der Waals surface area contributed by atoms with Crippen molar-refractivity contribution in [3.63, 3.8) is 0 Å². The van der Waals surface area contributed by atoms with Gasteiger partial charge in [0, 0.05) is 16.9 Å². The lowest BCUT2D eigenvalue weighted by Crippen LogP contribution is -2.21. The number of aromatic nitrogens is 1. The Kier molecular flexibility index (Phi) is 1.44. The zero-order valence-corrected chi connectivity index (χ0v) is 4.77. The maximum absolute atomic E-state index is 12.1. The van der Waals surface area contributed by atoms with E-state index < -0.39 is 0 Å². The van der Waals surface area contributed by atoms with Gasteiger partial charge in [-0.15, -0.1) is 0 Å². The third-order valence-corrected chi connectivity index (χ3v) is 1.05. The lowest BCUT2D eigenvalue weighted by Gasteiger charge is -1.77. The van der Waals surface area contributed by atoms with Crippen LogP contribution in [0.2, 0.25) is 5.15 Å². The van der Waals surface area contributed by atoms with Crippen LogP contribution >= 0.6 is 11.6 Å². The quantitative estimate of drug-likeness (QED) is 0.470. The molecule has 0 aliphatic heterocycles. The molecule has 0 N–H and O–H groups in total. The highest BCUT2D eigenvalue weighted by molar-refractivity contribution is 6.28. The van der Waals surface area contributed by atoms with Crippen molar-refractivity contribution in [1.82, 2.24) is 0 Å². The Bertz CT molecular complexity index is 169. The van der Waals surface area contributed by atoms with Gasteiger partial charge in [0.2, 0.25) is 6.20 Å². The molecule has 0 atom stereocenters. The predicted octanol–water partition coefficient (Wildman–Crippen LogP) is 1.36. The van der Waals surface area contributed by atoms with Gasteiger partial charge in [-0.05, 0) is 17.7 Å². The number of hydrogen-bond acceptors (Lipinski definition) is 0. The van der Waals surface area contributed by atoms with E-state index in [0.717, 1.165) is 0 Å². The fraction of sp³-hybridized carbons (Fsp3) is 0. The number of nitrogens with zero attached hydrogens (tertiary/aromatic N) is 1. The summed E-state index contributed by atoms with van der Waals surface area (Å²) < 4.78 is 12.1. The van der Waals surface area contributed by atoms with Crippen LogP contribution in [0.4, 0.5) is 4.48 Å². The van der Waals surface area contributed by atoms with Crippen molar-refractivity contribution in [2.75, 3.05) is 0 Å². The van der Waals surface area contributed by atoms with Gasteiger partial charge in [0.05, 0.1) is 4.48 Å². The summed E-state index contributed by atoms with van der Waals surface area (Å²) in [6, 6.07) is 4.70. The Morgan fingerprint density at radius 1 is 1.50 bits per heavy atom. The average Bonchev–Trinajstić information content (AvgIpc) is 1.77. The van der Waals surface area contributed by atoms with Crippen molar-refractivity contribution in [3.8, 4) is 0 Å². The predicted molar refractivity (Wildman–Crippen MR) is 28.2 cm³/mol. The van der Waals surface area contributed by atoms with E-state index in [1.165, 1.54) is 12.3 Å². The standard InChI is InChI=1S/C5H4ClFN/c6-5-3-1-2-4-8(5)7/h1-4H/q+1. The first-order chi connectivity index (χ1) is 3.80. The summed E-state index contributed by atoms with van der Waals surface area (Å²) >= 11 is 5.30. The van der Waals surface area contributed by atoms with Crippen LogP contribution in [0.1, 0.15) is 0 Å². The summed E-state index contributed by atoms with van der Waals surface area (Å²) in [7, 11) is 0. The van der Waals surface area contributed by atoms with Gasteiger partial charge >= 0.3 is 5.15 Å². The van der Waals surface area contributed by atoms with E-state index in [1.54, 1.807) is 12.1 Å². The highest BCUT2D eigenvalue weighted by Gasteiger charge is 2.01. The molecule has 0 aromatic carbocycles. The molecule has 8 heavy (non-hydrogen) atoms. The molecule has 0 unspecified atom stereocenters. The maximum Gasteiger partial charge on any atom is 0.321 e. The Labute approximate surface area is 51.3 Å². The van der Waals surface area contributed by atoms with E-state index in [4.69, 9.17) is 11.6 Å². The van der Waals surface area contributed by atoms with Crippen LogP contribution in [0.25, 0.3) is 0 Å². The number of halogens is 2. The summed E-state index contributed by atoms with van der Waals surface area (Å²) in [5.74, 6) is 0. The fourth-order valence-corrected chi connectivity index (χ4v) is 0.532. The summed E-state index contributed by atoms with van der Waals surface area (Å²) in [5, 5.41) is 0.0903. The van der Waals surface area contributed by atoms with Crippen molar-refractivity contribution in [2.45, 2.75) is 0 Å². The molecule has 0 spiro atoms. The van der Waals surface area contributed by atoms with Crippen LogP contribution in [0.15, 0.2) is 24.4 Å². The molecule has 42 valence electrons. The molecule has 0 amide bonds. The van der Waals surface area contributed by atoms with Crippen LogP contribution in [-0.2, 0) is 0 Å². The topological polar surface area (TPSA) is 3.88 Å². The molecule has 0 bridgehead atoms. The number of rotatable bonds is 0. The van der Waals surface area contributed by atoms with E-state index in [0.29, 0.717) is 4.79 Å². The highest BCUT2D eigenvalue weighted by atomic mass is 35.5. The van der Waals surface area contributed by atoms with Gasteiger partial charge in [-0.3, -0.25) is 0 Å². The van der Waals surface area contributed by atoms with Crippen LogP contribution in [0, 0.1) is 0 Å². The summed E-state index contributed by atoms with van der Waals surface area (Å²) in [5.41, 5.74) is 0. The minimum absolute atomic E-state index is 0.0903. The number of pyridine rings is 1. The first kappa shape index (κ1) is 5.51. The van der Waals surface area contributed by atoms with Crippen LogP contribution in [0.5, 0.6) is 0 Å². The largest absolute Gasteiger partial charge is 0.321 e. The molecular formula is C5H4ClFN+. The summed E-state index contributed by atoms with van der Waals surface area (Å²) in [6.45, 7) is 0. The molecule has 1 aromatic rings. The van der Waals surface area contributed by atoms with Gasteiger partial charge in [0.25, 0.3) is 0 Å². The minimum Gasteiger partial charge on any atom is -0.0484 e. The van der Waals surface area contributed by atoms with Crippen LogP contribution in [0.3, 0.4) is 0 Å². The van der Waals surface area contributed by atoms with Gasteiger partial charge < -0.3 is 0 Å². The van der Waals surface area contributed by atoms with E-state index in [9.17, 15) is 4.48 Å². The zero-order valence-electron chi connectivity index (χ0n) is 4.01. The van der Waals surface area contributed by atoms with E-state index >= 15 is 0 Å². The van der Waals surface area contributed by atoms with Crippen molar-refractivity contribution >= 4 is 11.6 Å². The maximum atomic E-state index is 12.1. The molecule has 1 rings (SSSR count). The Balaban J connectivity index is 3.13. The monoisotopic (exact) mass is 132 g/mol. The smallest absolute Gasteiger partial charge is 0.0484 e. The third-order valence-electron chi connectivity index (χ3n) is 0.766. The molecule has 0 aliphatic rings. The van der Waals surface area contributed by atoms with Crippen molar-refractivity contribution in [3.05, 3.63) is 29.5 Å². The van der Waals surface area contributed by atoms with Gasteiger partial charge in [-0.2, -0.15) is 0 Å². The molecule has 0 saturated carbocycles. The second-order valence-corrected chi connectivity index (χ2v) is 1.72. The lowest BCUT2D eigenvalue weighted by atomic mass is 10.5. The molecule has 0 saturated heterocycles. The van der Waals surface area contributed by atoms with E-state index in [2.05, 4.69) is 0 Å². The fourth-order valence-electron chi connectivity index (χ4n) is 0.403. The van der Waals surface area contributed by atoms with E-state index in [1.807, 2.05) is 0 Å². The van der Waals surface area contributed by atoms with Crippen molar-refractivity contribution in [2.24, 2.45) is 0 Å². The Morgan fingerprint density at radius 3 is 2.62 bits per heavy atom. The average molecular weight is 133 g/mol. The molecule has 3 heteroatoms. The highest BCUT2D eigenvalue weighted by Crippen LogP contribution is 1.97. The first-order valence-electron chi connectivity index (χ1n) is 2.13. The normalized spacial score (nSPS) is 9.25. The van der Waals surface area contributed by atoms with Crippen molar-refractivity contribution in [1.29, 1.82) is 0 Å².